The standard InChI is InChI=1S/C19H19F3N2O3S/c20-19(21,22)16-5-1-2-6-17(16)28(25,26)24-13-8-9-14(24)12-15(11-13)27-18-7-3-4-10-23-18/h1-7,10,13-15H,8-9,11-12H2. The van der Waals surface area contributed by atoms with Crippen LogP contribution in [0.4, 0.5) is 13.2 Å². The molecule has 2 bridgehead atoms. The van der Waals surface area contributed by atoms with E-state index in [2.05, 4.69) is 4.98 Å². The lowest BCUT2D eigenvalue weighted by atomic mass is 10.0. The highest BCUT2D eigenvalue weighted by Crippen LogP contribution is 2.43. The van der Waals surface area contributed by atoms with Crippen molar-refractivity contribution >= 4 is 10.0 Å². The number of alkyl halides is 3. The van der Waals surface area contributed by atoms with Gasteiger partial charge in [-0.15, -0.1) is 0 Å². The third-order valence-corrected chi connectivity index (χ3v) is 7.36. The molecule has 9 heteroatoms. The van der Waals surface area contributed by atoms with Crippen molar-refractivity contribution in [1.29, 1.82) is 0 Å². The molecule has 0 amide bonds. The molecule has 2 unspecified atom stereocenters. The molecule has 1 aromatic carbocycles. The van der Waals surface area contributed by atoms with Crippen molar-refractivity contribution in [3.05, 3.63) is 54.2 Å². The molecule has 0 spiro atoms. The number of piperidine rings is 1. The third kappa shape index (κ3) is 3.48. The van der Waals surface area contributed by atoms with Gasteiger partial charge in [0.15, 0.2) is 0 Å². The van der Waals surface area contributed by atoms with Crippen LogP contribution in [0, 0.1) is 0 Å². The topological polar surface area (TPSA) is 59.5 Å². The monoisotopic (exact) mass is 412 g/mol. The fourth-order valence-corrected chi connectivity index (χ4v) is 6.31. The van der Waals surface area contributed by atoms with E-state index in [1.165, 1.54) is 16.4 Å². The van der Waals surface area contributed by atoms with Crippen LogP contribution in [0.1, 0.15) is 31.2 Å². The minimum absolute atomic E-state index is 0.211. The minimum Gasteiger partial charge on any atom is -0.474 e. The molecule has 5 nitrogen and oxygen atoms in total. The highest BCUT2D eigenvalue weighted by Gasteiger charge is 2.49. The van der Waals surface area contributed by atoms with Crippen LogP contribution < -0.4 is 4.74 Å². The highest BCUT2D eigenvalue weighted by molar-refractivity contribution is 7.89. The first-order valence-corrected chi connectivity index (χ1v) is 10.5. The average molecular weight is 412 g/mol. The number of benzene rings is 1. The molecular weight excluding hydrogens is 393 g/mol. The maximum absolute atomic E-state index is 13.4. The van der Waals surface area contributed by atoms with Crippen LogP contribution in [0.25, 0.3) is 0 Å². The molecule has 4 rings (SSSR count). The smallest absolute Gasteiger partial charge is 0.417 e. The summed E-state index contributed by atoms with van der Waals surface area (Å²) >= 11 is 0. The van der Waals surface area contributed by atoms with E-state index in [-0.39, 0.29) is 18.2 Å². The fraction of sp³-hybridized carbons (Fsp3) is 0.421. The molecule has 2 atom stereocenters. The first-order chi connectivity index (χ1) is 13.3. The summed E-state index contributed by atoms with van der Waals surface area (Å²) in [5.74, 6) is 0.464. The molecular formula is C19H19F3N2O3S. The van der Waals surface area contributed by atoms with E-state index in [1.807, 2.05) is 0 Å². The zero-order valence-electron chi connectivity index (χ0n) is 14.8. The maximum Gasteiger partial charge on any atom is 0.417 e. The first-order valence-electron chi connectivity index (χ1n) is 9.04. The Morgan fingerprint density at radius 3 is 2.25 bits per heavy atom. The second-order valence-corrected chi connectivity index (χ2v) is 8.90. The molecule has 2 fully saturated rings. The summed E-state index contributed by atoms with van der Waals surface area (Å²) in [5.41, 5.74) is -1.12. The van der Waals surface area contributed by atoms with Crippen LogP contribution >= 0.6 is 0 Å². The van der Waals surface area contributed by atoms with E-state index in [0.29, 0.717) is 31.6 Å². The van der Waals surface area contributed by atoms with Crippen molar-refractivity contribution in [2.75, 3.05) is 0 Å². The average Bonchev–Trinajstić information content (AvgIpc) is 2.94. The van der Waals surface area contributed by atoms with Crippen molar-refractivity contribution in [3.63, 3.8) is 0 Å². The first kappa shape index (κ1) is 19.2. The van der Waals surface area contributed by atoms with Crippen molar-refractivity contribution in [2.45, 2.75) is 54.9 Å². The fourth-order valence-electron chi connectivity index (χ4n) is 4.20. The summed E-state index contributed by atoms with van der Waals surface area (Å²) in [6, 6.07) is 8.90. The molecule has 0 aliphatic carbocycles. The number of sulfonamides is 1. The largest absolute Gasteiger partial charge is 0.474 e. The van der Waals surface area contributed by atoms with Crippen LogP contribution in [-0.2, 0) is 16.2 Å². The van der Waals surface area contributed by atoms with Gasteiger partial charge in [-0.05, 0) is 31.0 Å². The van der Waals surface area contributed by atoms with Gasteiger partial charge in [-0.25, -0.2) is 13.4 Å². The lowest BCUT2D eigenvalue weighted by Gasteiger charge is -2.38. The number of ether oxygens (including phenoxy) is 1. The van der Waals surface area contributed by atoms with Crippen LogP contribution in [0.3, 0.4) is 0 Å². The van der Waals surface area contributed by atoms with Crippen molar-refractivity contribution in [3.8, 4) is 5.88 Å². The van der Waals surface area contributed by atoms with E-state index < -0.39 is 26.7 Å². The highest BCUT2D eigenvalue weighted by atomic mass is 32.2. The number of nitrogens with zero attached hydrogens (tertiary/aromatic N) is 2. The Balaban J connectivity index is 1.60. The molecule has 1 aromatic heterocycles. The second-order valence-electron chi connectivity index (χ2n) is 7.09. The van der Waals surface area contributed by atoms with E-state index in [9.17, 15) is 21.6 Å². The Morgan fingerprint density at radius 2 is 1.64 bits per heavy atom. The lowest BCUT2D eigenvalue weighted by molar-refractivity contribution is -0.140. The van der Waals surface area contributed by atoms with Gasteiger partial charge in [-0.1, -0.05) is 18.2 Å². The van der Waals surface area contributed by atoms with E-state index >= 15 is 0 Å². The number of hydrogen-bond acceptors (Lipinski definition) is 4. The van der Waals surface area contributed by atoms with Gasteiger partial charge in [0.2, 0.25) is 15.9 Å². The summed E-state index contributed by atoms with van der Waals surface area (Å²) in [5, 5.41) is 0. The van der Waals surface area contributed by atoms with Gasteiger partial charge in [0.25, 0.3) is 0 Å². The molecule has 2 aromatic rings. The third-order valence-electron chi connectivity index (χ3n) is 5.30. The molecule has 2 aliphatic rings. The summed E-state index contributed by atoms with van der Waals surface area (Å²) in [7, 11) is -4.27. The normalized spacial score (nSPS) is 25.6. The molecule has 2 aliphatic heterocycles. The molecule has 150 valence electrons. The Bertz CT molecular complexity index is 936. The number of rotatable bonds is 4. The Kier molecular flexibility index (Phi) is 4.83. The molecule has 2 saturated heterocycles. The SMILES string of the molecule is O=S(=O)(c1ccccc1C(F)(F)F)N1C2CCC1CC(Oc1ccccn1)C2. The van der Waals surface area contributed by atoms with E-state index in [0.717, 1.165) is 12.1 Å². The van der Waals surface area contributed by atoms with Gasteiger partial charge < -0.3 is 4.74 Å². The van der Waals surface area contributed by atoms with Crippen LogP contribution in [0.5, 0.6) is 5.88 Å². The molecule has 3 heterocycles. The van der Waals surface area contributed by atoms with Gasteiger partial charge in [-0.2, -0.15) is 17.5 Å². The summed E-state index contributed by atoms with van der Waals surface area (Å²) in [6.45, 7) is 0. The van der Waals surface area contributed by atoms with E-state index in [4.69, 9.17) is 4.74 Å². The predicted molar refractivity (Wildman–Crippen MR) is 95.2 cm³/mol. The van der Waals surface area contributed by atoms with Crippen molar-refractivity contribution in [1.82, 2.24) is 9.29 Å². The van der Waals surface area contributed by atoms with Crippen molar-refractivity contribution in [2.24, 2.45) is 0 Å². The van der Waals surface area contributed by atoms with Gasteiger partial charge in [0.1, 0.15) is 6.10 Å². The van der Waals surface area contributed by atoms with Gasteiger partial charge in [0.05, 0.1) is 10.5 Å². The quantitative estimate of drug-likeness (QED) is 0.765. The van der Waals surface area contributed by atoms with Gasteiger partial charge >= 0.3 is 6.18 Å². The van der Waals surface area contributed by atoms with Crippen LogP contribution in [0.15, 0.2) is 53.6 Å². The van der Waals surface area contributed by atoms with Crippen molar-refractivity contribution < 1.29 is 26.3 Å². The van der Waals surface area contributed by atoms with Gasteiger partial charge in [-0.3, -0.25) is 0 Å². The number of pyridine rings is 1. The number of halogens is 3. The Labute approximate surface area is 161 Å². The maximum atomic E-state index is 13.4. The Hall–Kier alpha value is -2.13. The summed E-state index contributed by atoms with van der Waals surface area (Å²) in [6.07, 6.45) is -1.25. The molecule has 0 saturated carbocycles. The minimum atomic E-state index is -4.73. The number of fused-ring (bicyclic) bond motifs is 2. The number of aromatic nitrogens is 1. The summed E-state index contributed by atoms with van der Waals surface area (Å²) in [4.78, 5) is 3.44. The Morgan fingerprint density at radius 1 is 1.00 bits per heavy atom. The second kappa shape index (κ2) is 7.04. The summed E-state index contributed by atoms with van der Waals surface area (Å²) < 4.78 is 73.5. The number of hydrogen-bond donors (Lipinski definition) is 0. The lowest BCUT2D eigenvalue weighted by Crippen LogP contribution is -2.49. The zero-order chi connectivity index (χ0) is 19.9. The predicted octanol–water partition coefficient (Wildman–Crippen LogP) is 3.86. The molecule has 0 radical (unpaired) electrons. The zero-order valence-corrected chi connectivity index (χ0v) is 15.7. The molecule has 28 heavy (non-hydrogen) atoms. The van der Waals surface area contributed by atoms with E-state index in [1.54, 1.807) is 24.4 Å². The van der Waals surface area contributed by atoms with Gasteiger partial charge in [0, 0.05) is 37.2 Å². The van der Waals surface area contributed by atoms with Crippen LogP contribution in [-0.4, -0.2) is 35.9 Å². The molecule has 0 N–H and O–H groups in total. The van der Waals surface area contributed by atoms with Crippen LogP contribution in [0.2, 0.25) is 0 Å².